The van der Waals surface area contributed by atoms with Crippen molar-refractivity contribution in [3.63, 3.8) is 0 Å². The van der Waals surface area contributed by atoms with Crippen molar-refractivity contribution in [1.29, 1.82) is 5.41 Å². The fourth-order valence-corrected chi connectivity index (χ4v) is 4.88. The second kappa shape index (κ2) is 13.1. The Hall–Kier alpha value is -3.91. The monoisotopic (exact) mass is 536 g/mol. The van der Waals surface area contributed by atoms with Gasteiger partial charge in [0, 0.05) is 30.3 Å². The number of aryl methyl sites for hydroxylation is 1. The summed E-state index contributed by atoms with van der Waals surface area (Å²) >= 11 is 0. The third-order valence-corrected chi connectivity index (χ3v) is 6.89. The number of nitrogen functional groups attached to an aromatic ring is 1. The normalized spacial score (nSPS) is 16.7. The van der Waals surface area contributed by atoms with Gasteiger partial charge in [-0.15, -0.1) is 12.4 Å². The zero-order valence-corrected chi connectivity index (χ0v) is 22.1. The van der Waals surface area contributed by atoms with Gasteiger partial charge in [0.15, 0.2) is 0 Å². The molecular formula is C29H33ClN4O4. The number of amidine groups is 1. The number of nitrogens with two attached hydrogens (primary N) is 1. The first-order valence-corrected chi connectivity index (χ1v) is 12.4. The molecule has 0 spiro atoms. The quantitative estimate of drug-likeness (QED) is 0.207. The van der Waals surface area contributed by atoms with Crippen LogP contribution in [0.2, 0.25) is 0 Å². The number of hydrogen-bond acceptors (Lipinski definition) is 5. The Kier molecular flexibility index (Phi) is 9.85. The smallest absolute Gasteiger partial charge is 0.306 e. The van der Waals surface area contributed by atoms with E-state index >= 15 is 0 Å². The van der Waals surface area contributed by atoms with E-state index in [1.54, 1.807) is 23.1 Å². The number of esters is 1. The minimum absolute atomic E-state index is 0. The summed E-state index contributed by atoms with van der Waals surface area (Å²) in [5.41, 5.74) is 7.92. The third-order valence-electron chi connectivity index (χ3n) is 6.89. The fraction of sp³-hybridized carbons (Fsp3) is 0.310. The van der Waals surface area contributed by atoms with Gasteiger partial charge in [-0.05, 0) is 53.8 Å². The summed E-state index contributed by atoms with van der Waals surface area (Å²) in [5.74, 6) is -1.15. The number of amides is 2. The van der Waals surface area contributed by atoms with Crippen LogP contribution in [0.25, 0.3) is 10.8 Å². The van der Waals surface area contributed by atoms with E-state index in [-0.39, 0.29) is 42.5 Å². The summed E-state index contributed by atoms with van der Waals surface area (Å²) in [5, 5.41) is 12.3. The molecule has 2 amide bonds. The Morgan fingerprint density at radius 1 is 1.05 bits per heavy atom. The molecule has 9 heteroatoms. The second-order valence-corrected chi connectivity index (χ2v) is 9.39. The SMILES string of the molecule is COC(=O)C[C@@H]1C[C@@H](CNC(=O)c2ccc3cc(C(=N)N)ccc3c2)N(CCCc2ccccc2)C1=O.Cl. The molecule has 0 aromatic heterocycles. The Labute approximate surface area is 228 Å². The van der Waals surface area contributed by atoms with E-state index in [2.05, 4.69) is 17.4 Å². The van der Waals surface area contributed by atoms with E-state index in [4.69, 9.17) is 15.9 Å². The Morgan fingerprint density at radius 2 is 1.71 bits per heavy atom. The predicted octanol–water partition coefficient (Wildman–Crippen LogP) is 3.69. The highest BCUT2D eigenvalue weighted by molar-refractivity contribution is 6.02. The molecule has 0 radical (unpaired) electrons. The van der Waals surface area contributed by atoms with Gasteiger partial charge in [0.25, 0.3) is 5.91 Å². The summed E-state index contributed by atoms with van der Waals surface area (Å²) in [6.07, 6.45) is 2.17. The summed E-state index contributed by atoms with van der Waals surface area (Å²) in [6, 6.07) is 20.7. The maximum absolute atomic E-state index is 13.1. The first-order valence-electron chi connectivity index (χ1n) is 12.4. The van der Waals surface area contributed by atoms with E-state index in [1.165, 1.54) is 12.7 Å². The van der Waals surface area contributed by atoms with E-state index in [0.717, 1.165) is 23.6 Å². The lowest BCUT2D eigenvalue weighted by atomic mass is 10.0. The van der Waals surface area contributed by atoms with Crippen LogP contribution in [-0.2, 0) is 20.7 Å². The molecule has 1 fully saturated rings. The molecule has 4 N–H and O–H groups in total. The maximum Gasteiger partial charge on any atom is 0.306 e. The molecule has 0 bridgehead atoms. The van der Waals surface area contributed by atoms with Crippen LogP contribution in [-0.4, -0.2) is 54.8 Å². The molecule has 4 rings (SSSR count). The average Bonchev–Trinajstić information content (AvgIpc) is 3.20. The second-order valence-electron chi connectivity index (χ2n) is 9.39. The number of ether oxygens (including phenoxy) is 1. The Balaban J connectivity index is 0.00000400. The van der Waals surface area contributed by atoms with Crippen molar-refractivity contribution in [2.75, 3.05) is 20.2 Å². The van der Waals surface area contributed by atoms with Gasteiger partial charge in [0.05, 0.1) is 19.4 Å². The van der Waals surface area contributed by atoms with Gasteiger partial charge in [-0.2, -0.15) is 0 Å². The molecule has 0 saturated carbocycles. The van der Waals surface area contributed by atoms with Crippen molar-refractivity contribution in [3.8, 4) is 0 Å². The first-order chi connectivity index (χ1) is 17.9. The number of benzene rings is 3. The van der Waals surface area contributed by atoms with Crippen LogP contribution in [0, 0.1) is 11.3 Å². The molecule has 0 aliphatic carbocycles. The van der Waals surface area contributed by atoms with Crippen LogP contribution < -0.4 is 11.1 Å². The Morgan fingerprint density at radius 3 is 2.37 bits per heavy atom. The molecular weight excluding hydrogens is 504 g/mol. The number of rotatable bonds is 10. The lowest BCUT2D eigenvalue weighted by molar-refractivity contribution is -0.144. The van der Waals surface area contributed by atoms with Crippen LogP contribution in [0.15, 0.2) is 66.7 Å². The zero-order chi connectivity index (χ0) is 26.4. The van der Waals surface area contributed by atoms with Crippen molar-refractivity contribution in [2.24, 2.45) is 11.7 Å². The van der Waals surface area contributed by atoms with Crippen molar-refractivity contribution >= 4 is 46.8 Å². The molecule has 1 saturated heterocycles. The Bertz CT molecular complexity index is 1310. The first kappa shape index (κ1) is 28.7. The van der Waals surface area contributed by atoms with Crippen LogP contribution in [0.3, 0.4) is 0 Å². The van der Waals surface area contributed by atoms with Gasteiger partial charge in [-0.3, -0.25) is 19.8 Å². The molecule has 1 heterocycles. The number of halogens is 1. The van der Waals surface area contributed by atoms with E-state index in [1.807, 2.05) is 36.4 Å². The molecule has 8 nitrogen and oxygen atoms in total. The maximum atomic E-state index is 13.1. The molecule has 200 valence electrons. The van der Waals surface area contributed by atoms with Gasteiger partial charge in [-0.1, -0.05) is 48.5 Å². The molecule has 1 aliphatic heterocycles. The van der Waals surface area contributed by atoms with Crippen molar-refractivity contribution in [3.05, 3.63) is 83.4 Å². The van der Waals surface area contributed by atoms with Crippen molar-refractivity contribution in [2.45, 2.75) is 31.7 Å². The number of hydrogen-bond donors (Lipinski definition) is 3. The van der Waals surface area contributed by atoms with Crippen LogP contribution in [0.1, 0.15) is 40.7 Å². The van der Waals surface area contributed by atoms with Crippen LogP contribution in [0.4, 0.5) is 0 Å². The number of nitrogens with one attached hydrogen (secondary N) is 2. The lowest BCUT2D eigenvalue weighted by Gasteiger charge is -2.25. The number of methoxy groups -OCH3 is 1. The number of carbonyl (C=O) groups excluding carboxylic acids is 3. The molecule has 3 aromatic carbocycles. The van der Waals surface area contributed by atoms with Crippen molar-refractivity contribution in [1.82, 2.24) is 10.2 Å². The van der Waals surface area contributed by atoms with Crippen molar-refractivity contribution < 1.29 is 19.1 Å². The molecule has 3 aromatic rings. The molecule has 2 atom stereocenters. The van der Waals surface area contributed by atoms with Gasteiger partial charge < -0.3 is 20.7 Å². The lowest BCUT2D eigenvalue weighted by Crippen LogP contribution is -2.42. The number of nitrogens with zero attached hydrogens (tertiary/aromatic N) is 1. The van der Waals surface area contributed by atoms with E-state index in [0.29, 0.717) is 30.6 Å². The largest absolute Gasteiger partial charge is 0.469 e. The predicted molar refractivity (Wildman–Crippen MR) is 150 cm³/mol. The summed E-state index contributed by atoms with van der Waals surface area (Å²) in [4.78, 5) is 39.8. The van der Waals surface area contributed by atoms with Gasteiger partial charge in [-0.25, -0.2) is 0 Å². The topological polar surface area (TPSA) is 126 Å². The fourth-order valence-electron chi connectivity index (χ4n) is 4.88. The standard InChI is InChI=1S/C29H32N4O4.ClH/c1-37-26(34)17-24-16-25(33(29(24)36)13-5-8-19-6-3-2-4-7-19)18-32-28(35)23-12-10-20-14-22(27(30)31)11-9-21(20)15-23;/h2-4,6-7,9-12,14-15,24-25H,5,8,13,16-18H2,1H3,(H3,30,31)(H,32,35);1H/t24-,25-;/m0./s1. The number of fused-ring (bicyclic) bond motifs is 1. The van der Waals surface area contributed by atoms with Crippen LogP contribution >= 0.6 is 12.4 Å². The third kappa shape index (κ3) is 6.89. The molecule has 38 heavy (non-hydrogen) atoms. The molecule has 0 unspecified atom stereocenters. The summed E-state index contributed by atoms with van der Waals surface area (Å²) < 4.78 is 4.78. The molecule has 1 aliphatic rings. The highest BCUT2D eigenvalue weighted by Gasteiger charge is 2.40. The van der Waals surface area contributed by atoms with Gasteiger partial charge in [0.1, 0.15) is 5.84 Å². The minimum atomic E-state index is -0.442. The minimum Gasteiger partial charge on any atom is -0.469 e. The summed E-state index contributed by atoms with van der Waals surface area (Å²) in [7, 11) is 1.32. The summed E-state index contributed by atoms with van der Waals surface area (Å²) in [6.45, 7) is 0.856. The van der Waals surface area contributed by atoms with Gasteiger partial charge >= 0.3 is 5.97 Å². The average molecular weight is 537 g/mol. The van der Waals surface area contributed by atoms with E-state index in [9.17, 15) is 14.4 Å². The highest BCUT2D eigenvalue weighted by atomic mass is 35.5. The zero-order valence-electron chi connectivity index (χ0n) is 21.3. The van der Waals surface area contributed by atoms with Gasteiger partial charge in [0.2, 0.25) is 5.91 Å². The number of carbonyl (C=O) groups is 3. The number of likely N-dealkylation sites (tertiary alicyclic amines) is 1. The highest BCUT2D eigenvalue weighted by Crippen LogP contribution is 2.28. The van der Waals surface area contributed by atoms with Crippen LogP contribution in [0.5, 0.6) is 0 Å². The van der Waals surface area contributed by atoms with E-state index < -0.39 is 11.9 Å².